The van der Waals surface area contributed by atoms with E-state index in [1.165, 1.54) is 4.57 Å². The van der Waals surface area contributed by atoms with E-state index in [1.54, 1.807) is 24.3 Å². The van der Waals surface area contributed by atoms with Crippen LogP contribution < -0.4 is 10.9 Å². The van der Waals surface area contributed by atoms with Crippen molar-refractivity contribution in [3.63, 3.8) is 0 Å². The molecule has 0 radical (unpaired) electrons. The number of anilines is 1. The standard InChI is InChI=1S/C24H19F2N3O2S/c1-14-7-10-21(15(2)11-14)29-23(31)17-5-3-4-6-19(17)28-24(29)32-13-22(30)27-20-12-16(25)8-9-18(20)26/h3-12H,13H2,1-2H3,(H,27,30). The molecule has 162 valence electrons. The van der Waals surface area contributed by atoms with E-state index in [-0.39, 0.29) is 17.0 Å². The Labute approximate surface area is 187 Å². The minimum Gasteiger partial charge on any atom is -0.323 e. The zero-order chi connectivity index (χ0) is 22.8. The summed E-state index contributed by atoms with van der Waals surface area (Å²) < 4.78 is 28.7. The van der Waals surface area contributed by atoms with Crippen LogP contribution in [0.2, 0.25) is 0 Å². The quantitative estimate of drug-likeness (QED) is 0.342. The Morgan fingerprint density at radius 2 is 1.84 bits per heavy atom. The van der Waals surface area contributed by atoms with Gasteiger partial charge in [-0.05, 0) is 49.7 Å². The van der Waals surface area contributed by atoms with Crippen molar-refractivity contribution in [2.45, 2.75) is 19.0 Å². The Morgan fingerprint density at radius 3 is 2.62 bits per heavy atom. The van der Waals surface area contributed by atoms with Crippen LogP contribution in [0.4, 0.5) is 14.5 Å². The Morgan fingerprint density at radius 1 is 1.06 bits per heavy atom. The zero-order valence-electron chi connectivity index (χ0n) is 17.4. The molecule has 0 saturated heterocycles. The summed E-state index contributed by atoms with van der Waals surface area (Å²) in [5.41, 5.74) is 2.63. The highest BCUT2D eigenvalue weighted by molar-refractivity contribution is 7.99. The van der Waals surface area contributed by atoms with E-state index >= 15 is 0 Å². The fraction of sp³-hybridized carbons (Fsp3) is 0.125. The number of aromatic nitrogens is 2. The molecule has 1 aromatic heterocycles. The van der Waals surface area contributed by atoms with Gasteiger partial charge in [-0.25, -0.2) is 13.8 Å². The summed E-state index contributed by atoms with van der Waals surface area (Å²) in [7, 11) is 0. The van der Waals surface area contributed by atoms with Gasteiger partial charge in [0.15, 0.2) is 5.16 Å². The summed E-state index contributed by atoms with van der Waals surface area (Å²) in [5, 5.41) is 3.15. The number of benzene rings is 3. The summed E-state index contributed by atoms with van der Waals surface area (Å²) in [6.45, 7) is 3.86. The number of carbonyl (C=O) groups is 1. The number of rotatable bonds is 5. The molecule has 0 spiro atoms. The first kappa shape index (κ1) is 21.7. The van der Waals surface area contributed by atoms with Crippen molar-refractivity contribution in [2.24, 2.45) is 0 Å². The first-order valence-corrected chi connectivity index (χ1v) is 10.8. The highest BCUT2D eigenvalue weighted by Crippen LogP contribution is 2.24. The molecule has 0 bridgehead atoms. The predicted molar refractivity (Wildman–Crippen MR) is 123 cm³/mol. The van der Waals surface area contributed by atoms with Crippen LogP contribution in [-0.4, -0.2) is 21.2 Å². The molecule has 8 heteroatoms. The molecule has 1 heterocycles. The van der Waals surface area contributed by atoms with Gasteiger partial charge in [-0.1, -0.05) is 41.6 Å². The molecule has 0 fully saturated rings. The van der Waals surface area contributed by atoms with Gasteiger partial charge in [0.25, 0.3) is 5.56 Å². The zero-order valence-corrected chi connectivity index (χ0v) is 18.2. The number of hydrogen-bond donors (Lipinski definition) is 1. The number of para-hydroxylation sites is 1. The average molecular weight is 451 g/mol. The van der Waals surface area contributed by atoms with Gasteiger partial charge in [0.1, 0.15) is 11.6 Å². The van der Waals surface area contributed by atoms with Crippen molar-refractivity contribution >= 4 is 34.3 Å². The van der Waals surface area contributed by atoms with Crippen LogP contribution in [0.15, 0.2) is 70.6 Å². The lowest BCUT2D eigenvalue weighted by Crippen LogP contribution is -2.23. The maximum Gasteiger partial charge on any atom is 0.266 e. The first-order chi connectivity index (χ1) is 15.3. The van der Waals surface area contributed by atoms with E-state index in [4.69, 9.17) is 0 Å². The molecular weight excluding hydrogens is 432 g/mol. The molecule has 0 aliphatic carbocycles. The van der Waals surface area contributed by atoms with Crippen LogP contribution in [0.1, 0.15) is 11.1 Å². The molecule has 0 unspecified atom stereocenters. The van der Waals surface area contributed by atoms with E-state index in [9.17, 15) is 18.4 Å². The molecular formula is C24H19F2N3O2S. The summed E-state index contributed by atoms with van der Waals surface area (Å²) in [5.74, 6) is -2.09. The van der Waals surface area contributed by atoms with Gasteiger partial charge >= 0.3 is 0 Å². The van der Waals surface area contributed by atoms with Crippen molar-refractivity contribution < 1.29 is 13.6 Å². The van der Waals surface area contributed by atoms with Crippen LogP contribution in [0.5, 0.6) is 0 Å². The number of fused-ring (bicyclic) bond motifs is 1. The minimum absolute atomic E-state index is 0.147. The highest BCUT2D eigenvalue weighted by atomic mass is 32.2. The fourth-order valence-corrected chi connectivity index (χ4v) is 4.19. The second-order valence-corrected chi connectivity index (χ2v) is 8.25. The molecule has 1 amide bonds. The normalized spacial score (nSPS) is 11.0. The summed E-state index contributed by atoms with van der Waals surface area (Å²) in [6.07, 6.45) is 0. The van der Waals surface area contributed by atoms with Gasteiger partial charge in [-0.15, -0.1) is 0 Å². The van der Waals surface area contributed by atoms with E-state index in [1.807, 2.05) is 32.0 Å². The number of hydrogen-bond acceptors (Lipinski definition) is 4. The number of nitrogens with one attached hydrogen (secondary N) is 1. The van der Waals surface area contributed by atoms with Gasteiger partial charge in [-0.3, -0.25) is 14.2 Å². The third-order valence-electron chi connectivity index (χ3n) is 4.87. The van der Waals surface area contributed by atoms with Gasteiger partial charge in [0, 0.05) is 6.07 Å². The van der Waals surface area contributed by atoms with Crippen molar-refractivity contribution in [3.8, 4) is 5.69 Å². The number of carbonyl (C=O) groups excluding carboxylic acids is 1. The van der Waals surface area contributed by atoms with E-state index < -0.39 is 17.5 Å². The average Bonchev–Trinajstić information content (AvgIpc) is 2.76. The minimum atomic E-state index is -0.735. The molecule has 32 heavy (non-hydrogen) atoms. The number of nitrogens with zero attached hydrogens (tertiary/aromatic N) is 2. The van der Waals surface area contributed by atoms with E-state index in [0.29, 0.717) is 21.7 Å². The van der Waals surface area contributed by atoms with E-state index in [0.717, 1.165) is 41.1 Å². The van der Waals surface area contributed by atoms with Crippen molar-refractivity contribution in [1.82, 2.24) is 9.55 Å². The van der Waals surface area contributed by atoms with Crippen LogP contribution in [0.3, 0.4) is 0 Å². The van der Waals surface area contributed by atoms with Crippen LogP contribution >= 0.6 is 11.8 Å². The molecule has 4 rings (SSSR count). The van der Waals surface area contributed by atoms with Crippen molar-refractivity contribution in [3.05, 3.63) is 93.8 Å². The van der Waals surface area contributed by atoms with Crippen molar-refractivity contribution in [2.75, 3.05) is 11.1 Å². The summed E-state index contributed by atoms with van der Waals surface area (Å²) in [4.78, 5) is 30.3. The number of thioether (sulfide) groups is 1. The SMILES string of the molecule is Cc1ccc(-n2c(SCC(=O)Nc3cc(F)ccc3F)nc3ccccc3c2=O)c(C)c1. The number of halogens is 2. The number of aryl methyl sites for hydroxylation is 2. The molecule has 5 nitrogen and oxygen atoms in total. The lowest BCUT2D eigenvalue weighted by atomic mass is 10.1. The van der Waals surface area contributed by atoms with Gasteiger partial charge in [0.05, 0.1) is 28.0 Å². The third-order valence-corrected chi connectivity index (χ3v) is 5.81. The van der Waals surface area contributed by atoms with Crippen LogP contribution in [0, 0.1) is 25.5 Å². The molecule has 0 aliphatic rings. The van der Waals surface area contributed by atoms with Crippen molar-refractivity contribution in [1.29, 1.82) is 0 Å². The molecule has 0 saturated carbocycles. The van der Waals surface area contributed by atoms with Crippen LogP contribution in [0.25, 0.3) is 16.6 Å². The largest absolute Gasteiger partial charge is 0.323 e. The maximum absolute atomic E-state index is 13.8. The monoisotopic (exact) mass is 451 g/mol. The second-order valence-electron chi connectivity index (χ2n) is 7.30. The summed E-state index contributed by atoms with van der Waals surface area (Å²) >= 11 is 1.04. The highest BCUT2D eigenvalue weighted by Gasteiger charge is 2.17. The molecule has 0 aliphatic heterocycles. The Bertz CT molecular complexity index is 1400. The van der Waals surface area contributed by atoms with Gasteiger partial charge < -0.3 is 5.32 Å². The Kier molecular flexibility index (Phi) is 6.05. The topological polar surface area (TPSA) is 64.0 Å². The van der Waals surface area contributed by atoms with Gasteiger partial charge in [-0.2, -0.15) is 0 Å². The lowest BCUT2D eigenvalue weighted by Gasteiger charge is -2.15. The predicted octanol–water partition coefficient (Wildman–Crippen LogP) is 5.01. The molecule has 4 aromatic rings. The smallest absolute Gasteiger partial charge is 0.266 e. The molecule has 0 atom stereocenters. The van der Waals surface area contributed by atoms with Gasteiger partial charge in [0.2, 0.25) is 5.91 Å². The first-order valence-electron chi connectivity index (χ1n) is 9.80. The summed E-state index contributed by atoms with van der Waals surface area (Å²) in [6, 6.07) is 15.5. The lowest BCUT2D eigenvalue weighted by molar-refractivity contribution is -0.113. The third kappa shape index (κ3) is 4.40. The maximum atomic E-state index is 13.8. The fourth-order valence-electron chi connectivity index (χ4n) is 3.39. The Balaban J connectivity index is 1.70. The van der Waals surface area contributed by atoms with Crippen LogP contribution in [-0.2, 0) is 4.79 Å². The molecule has 1 N–H and O–H groups in total. The number of amides is 1. The Hall–Kier alpha value is -3.52. The molecule has 3 aromatic carbocycles. The van der Waals surface area contributed by atoms with E-state index in [2.05, 4.69) is 10.3 Å². The second kappa shape index (κ2) is 8.92.